The molecule has 9 atom stereocenters. The highest BCUT2D eigenvalue weighted by Crippen LogP contribution is 2.75. The van der Waals surface area contributed by atoms with Crippen LogP contribution in [0.2, 0.25) is 0 Å². The van der Waals surface area contributed by atoms with Crippen LogP contribution in [0.1, 0.15) is 99.8 Å². The van der Waals surface area contributed by atoms with Crippen LogP contribution >= 0.6 is 0 Å². The van der Waals surface area contributed by atoms with Crippen molar-refractivity contribution < 1.29 is 24.6 Å². The van der Waals surface area contributed by atoms with Gasteiger partial charge in [0, 0.05) is 23.7 Å². The molecule has 5 nitrogen and oxygen atoms in total. The lowest BCUT2D eigenvalue weighted by Crippen LogP contribution is -2.69. The molecule has 0 aromatic rings. The summed E-state index contributed by atoms with van der Waals surface area (Å²) in [4.78, 5) is 40.0. The molecule has 194 valence electrons. The van der Waals surface area contributed by atoms with Crippen molar-refractivity contribution in [3.63, 3.8) is 0 Å². The van der Waals surface area contributed by atoms with Gasteiger partial charge in [-0.3, -0.25) is 14.4 Å². The van der Waals surface area contributed by atoms with Gasteiger partial charge < -0.3 is 10.2 Å². The molecule has 4 saturated carbocycles. The van der Waals surface area contributed by atoms with E-state index in [2.05, 4.69) is 34.6 Å². The third-order valence-electron chi connectivity index (χ3n) is 13.0. The Bertz CT molecular complexity index is 1040. The summed E-state index contributed by atoms with van der Waals surface area (Å²) in [7, 11) is 0. The minimum absolute atomic E-state index is 0.0396. The van der Waals surface area contributed by atoms with Gasteiger partial charge in [-0.15, -0.1) is 0 Å². The highest BCUT2D eigenvalue weighted by molar-refractivity contribution is 5.96. The number of carbonyl (C=O) groups is 3. The third-order valence-corrected chi connectivity index (χ3v) is 13.0. The SMILES string of the molecule is C[C@@H]1CC[C@]2(C(=O)O)CC[C@]3(C)C(=CC(=O)[C@@H]4[C@@]5(C)CCC(=O)C(C)(C)[C@@H]5CC[C@]43C)[C@@H]2[C@]1(C)O. The lowest BCUT2D eigenvalue weighted by atomic mass is 9.33. The van der Waals surface area contributed by atoms with Gasteiger partial charge in [-0.05, 0) is 86.0 Å². The highest BCUT2D eigenvalue weighted by Gasteiger charge is 2.72. The van der Waals surface area contributed by atoms with Crippen LogP contribution in [0.25, 0.3) is 0 Å². The second-order valence-electron chi connectivity index (χ2n) is 14.5. The molecule has 0 aromatic carbocycles. The number of Topliss-reactive ketones (excluding diaryl/α,β-unsaturated/α-hetero) is 1. The van der Waals surface area contributed by atoms with E-state index < -0.39 is 28.3 Å². The van der Waals surface area contributed by atoms with Gasteiger partial charge in [0.15, 0.2) is 5.78 Å². The van der Waals surface area contributed by atoms with Crippen molar-refractivity contribution >= 4 is 17.5 Å². The minimum atomic E-state index is -1.19. The van der Waals surface area contributed by atoms with Crippen molar-refractivity contribution in [2.75, 3.05) is 0 Å². The maximum Gasteiger partial charge on any atom is 0.310 e. The zero-order chi connectivity index (χ0) is 26.0. The average Bonchev–Trinajstić information content (AvgIpc) is 2.74. The zero-order valence-corrected chi connectivity index (χ0v) is 22.7. The van der Waals surface area contributed by atoms with E-state index in [-0.39, 0.29) is 39.8 Å². The summed E-state index contributed by atoms with van der Waals surface area (Å²) in [5, 5.41) is 22.4. The van der Waals surface area contributed by atoms with Gasteiger partial charge in [-0.25, -0.2) is 0 Å². The van der Waals surface area contributed by atoms with Crippen molar-refractivity contribution in [1.82, 2.24) is 0 Å². The number of aliphatic carboxylic acids is 1. The lowest BCUT2D eigenvalue weighted by molar-refractivity contribution is -0.206. The van der Waals surface area contributed by atoms with Gasteiger partial charge in [-0.2, -0.15) is 0 Å². The number of carbonyl (C=O) groups excluding carboxylic acids is 2. The molecular formula is C30H44O5. The average molecular weight is 485 g/mol. The van der Waals surface area contributed by atoms with Crippen molar-refractivity contribution in [2.24, 2.45) is 50.7 Å². The molecule has 4 fully saturated rings. The molecular weight excluding hydrogens is 440 g/mol. The summed E-state index contributed by atoms with van der Waals surface area (Å²) >= 11 is 0. The number of aliphatic hydroxyl groups is 1. The summed E-state index contributed by atoms with van der Waals surface area (Å²) < 4.78 is 0. The second-order valence-corrected chi connectivity index (χ2v) is 14.5. The van der Waals surface area contributed by atoms with E-state index in [9.17, 15) is 24.6 Å². The maximum atomic E-state index is 14.2. The molecule has 0 aliphatic heterocycles. The van der Waals surface area contributed by atoms with Crippen molar-refractivity contribution in [3.8, 4) is 0 Å². The molecule has 0 heterocycles. The minimum Gasteiger partial charge on any atom is -0.481 e. The summed E-state index contributed by atoms with van der Waals surface area (Å²) in [6, 6.07) is 0. The number of ketones is 2. The number of allylic oxidation sites excluding steroid dienone is 1. The van der Waals surface area contributed by atoms with E-state index >= 15 is 0 Å². The fourth-order valence-corrected chi connectivity index (χ4v) is 10.5. The smallest absolute Gasteiger partial charge is 0.310 e. The summed E-state index contributed by atoms with van der Waals surface area (Å²) in [6.45, 7) is 14.7. The van der Waals surface area contributed by atoms with Gasteiger partial charge in [0.2, 0.25) is 0 Å². The Morgan fingerprint density at radius 3 is 2.20 bits per heavy atom. The Balaban J connectivity index is 1.70. The molecule has 0 spiro atoms. The van der Waals surface area contributed by atoms with Crippen molar-refractivity contribution in [3.05, 3.63) is 11.6 Å². The first-order chi connectivity index (χ1) is 16.0. The van der Waals surface area contributed by atoms with E-state index in [4.69, 9.17) is 0 Å². The van der Waals surface area contributed by atoms with Crippen LogP contribution in [0, 0.1) is 50.7 Å². The molecule has 0 aromatic heterocycles. The maximum absolute atomic E-state index is 14.2. The van der Waals surface area contributed by atoms with Crippen LogP contribution in [-0.4, -0.2) is 33.3 Å². The number of carboxylic acid groups (broad SMARTS) is 1. The monoisotopic (exact) mass is 484 g/mol. The first kappa shape index (κ1) is 25.2. The number of hydrogen-bond acceptors (Lipinski definition) is 4. The quantitative estimate of drug-likeness (QED) is 0.506. The molecule has 5 rings (SSSR count). The Kier molecular flexibility index (Phi) is 5.09. The molecule has 5 aliphatic carbocycles. The Hall–Kier alpha value is -1.49. The van der Waals surface area contributed by atoms with Gasteiger partial charge in [0.05, 0.1) is 11.0 Å². The van der Waals surface area contributed by atoms with E-state index in [1.165, 1.54) is 0 Å². The van der Waals surface area contributed by atoms with E-state index in [0.717, 1.165) is 31.3 Å². The summed E-state index contributed by atoms with van der Waals surface area (Å²) in [5.41, 5.74) is -2.73. The molecule has 5 aliphatic rings. The molecule has 35 heavy (non-hydrogen) atoms. The first-order valence-electron chi connectivity index (χ1n) is 13.8. The van der Waals surface area contributed by atoms with E-state index in [1.54, 1.807) is 13.0 Å². The van der Waals surface area contributed by atoms with Crippen LogP contribution in [0.4, 0.5) is 0 Å². The van der Waals surface area contributed by atoms with Crippen LogP contribution in [0.15, 0.2) is 11.6 Å². The third kappa shape index (κ3) is 2.77. The van der Waals surface area contributed by atoms with E-state index in [1.807, 2.05) is 6.92 Å². The fourth-order valence-electron chi connectivity index (χ4n) is 10.5. The van der Waals surface area contributed by atoms with Crippen LogP contribution < -0.4 is 0 Å². The molecule has 0 saturated heterocycles. The summed E-state index contributed by atoms with van der Waals surface area (Å²) in [6.07, 6.45) is 7.26. The molecule has 2 N–H and O–H groups in total. The normalized spacial score (nSPS) is 53.0. The lowest BCUT2D eigenvalue weighted by Gasteiger charge is -2.70. The van der Waals surface area contributed by atoms with Gasteiger partial charge in [-0.1, -0.05) is 47.1 Å². The standard InChI is InChI=1S/C30H44O5/c1-17-8-13-30(24(33)34)15-14-27(5)18(22(30)29(17,7)35)16-19(31)23-26(4)11-10-21(32)25(2,3)20(26)9-12-28(23,27)6/h16-17,20,22-23,35H,8-15H2,1-7H3,(H,33,34)/t17-,20+,22-,23-,26+,27-,28-,29-,30+/m1/s1. The number of fused-ring (bicyclic) bond motifs is 7. The summed E-state index contributed by atoms with van der Waals surface area (Å²) in [5.74, 6) is -1.07. The van der Waals surface area contributed by atoms with Crippen LogP contribution in [0.3, 0.4) is 0 Å². The first-order valence-corrected chi connectivity index (χ1v) is 13.8. The Morgan fingerprint density at radius 2 is 1.57 bits per heavy atom. The Morgan fingerprint density at radius 1 is 0.914 bits per heavy atom. The largest absolute Gasteiger partial charge is 0.481 e. The second kappa shape index (κ2) is 7.08. The van der Waals surface area contributed by atoms with Gasteiger partial charge >= 0.3 is 5.97 Å². The number of carboxylic acids is 1. The molecule has 0 bridgehead atoms. The van der Waals surface area contributed by atoms with Crippen molar-refractivity contribution in [1.29, 1.82) is 0 Å². The fraction of sp³-hybridized carbons (Fsp3) is 0.833. The van der Waals surface area contributed by atoms with Crippen molar-refractivity contribution in [2.45, 2.75) is 105 Å². The predicted molar refractivity (Wildman–Crippen MR) is 133 cm³/mol. The number of hydrogen-bond donors (Lipinski definition) is 2. The Labute approximate surface area is 210 Å². The number of rotatable bonds is 1. The van der Waals surface area contributed by atoms with Crippen LogP contribution in [-0.2, 0) is 14.4 Å². The van der Waals surface area contributed by atoms with E-state index in [0.29, 0.717) is 31.5 Å². The van der Waals surface area contributed by atoms with Gasteiger partial charge in [0.25, 0.3) is 0 Å². The highest BCUT2D eigenvalue weighted by atomic mass is 16.4. The topological polar surface area (TPSA) is 91.7 Å². The molecule has 0 amide bonds. The zero-order valence-electron chi connectivity index (χ0n) is 22.7. The predicted octanol–water partition coefficient (Wildman–Crippen LogP) is 5.59. The van der Waals surface area contributed by atoms with Crippen LogP contribution in [0.5, 0.6) is 0 Å². The molecule has 5 heteroatoms. The molecule has 0 unspecified atom stereocenters. The van der Waals surface area contributed by atoms with Gasteiger partial charge in [0.1, 0.15) is 5.78 Å². The molecule has 0 radical (unpaired) electrons.